The minimum atomic E-state index is -0.449. The van der Waals surface area contributed by atoms with Crippen molar-refractivity contribution in [3.05, 3.63) is 66.4 Å². The normalized spacial score (nSPS) is 14.2. The zero-order chi connectivity index (χ0) is 18.6. The van der Waals surface area contributed by atoms with Gasteiger partial charge in [0.1, 0.15) is 0 Å². The molecule has 1 saturated heterocycles. The van der Waals surface area contributed by atoms with E-state index in [1.807, 2.05) is 42.5 Å². The Balaban J connectivity index is 1.78. The summed E-state index contributed by atoms with van der Waals surface area (Å²) in [6.45, 7) is 3.21. The predicted molar refractivity (Wildman–Crippen MR) is 103 cm³/mol. The third-order valence-corrected chi connectivity index (χ3v) is 4.62. The Kier molecular flexibility index (Phi) is 4.89. The van der Waals surface area contributed by atoms with Crippen LogP contribution in [0.5, 0.6) is 0 Å². The molecular weight excluding hydrogens is 342 g/mol. The van der Waals surface area contributed by atoms with Crippen LogP contribution in [0, 0.1) is 0 Å². The summed E-state index contributed by atoms with van der Waals surface area (Å²) in [6, 6.07) is 19.8. The number of aromatic nitrogens is 2. The first-order chi connectivity index (χ1) is 13.3. The van der Waals surface area contributed by atoms with Gasteiger partial charge in [0.05, 0.1) is 31.7 Å². The average molecular weight is 363 g/mol. The van der Waals surface area contributed by atoms with Crippen molar-refractivity contribution in [1.29, 1.82) is 0 Å². The van der Waals surface area contributed by atoms with Crippen LogP contribution in [-0.2, 0) is 9.47 Å². The maximum Gasteiger partial charge on any atom is 0.358 e. The molecule has 0 saturated carbocycles. The molecule has 6 nitrogen and oxygen atoms in total. The van der Waals surface area contributed by atoms with Crippen molar-refractivity contribution in [1.82, 2.24) is 9.78 Å². The molecule has 138 valence electrons. The molecule has 1 aliphatic rings. The van der Waals surface area contributed by atoms with Crippen molar-refractivity contribution in [3.63, 3.8) is 0 Å². The minimum absolute atomic E-state index is 0.285. The van der Waals surface area contributed by atoms with Crippen LogP contribution in [0.1, 0.15) is 10.5 Å². The van der Waals surface area contributed by atoms with Crippen LogP contribution in [0.4, 0.5) is 5.69 Å². The number of nitrogens with zero attached hydrogens (tertiary/aromatic N) is 3. The number of para-hydroxylation sites is 1. The first-order valence-electron chi connectivity index (χ1n) is 8.93. The van der Waals surface area contributed by atoms with E-state index in [0.717, 1.165) is 48.9 Å². The number of rotatable bonds is 4. The molecule has 6 heteroatoms. The summed E-state index contributed by atoms with van der Waals surface area (Å²) in [5.74, 6) is -0.449. The molecule has 0 atom stereocenters. The lowest BCUT2D eigenvalue weighted by Gasteiger charge is -2.29. The van der Waals surface area contributed by atoms with E-state index in [0.29, 0.717) is 0 Å². The van der Waals surface area contributed by atoms with E-state index in [1.54, 1.807) is 10.7 Å². The van der Waals surface area contributed by atoms with Crippen LogP contribution in [0.15, 0.2) is 60.7 Å². The van der Waals surface area contributed by atoms with Crippen LogP contribution in [0.2, 0.25) is 0 Å². The highest BCUT2D eigenvalue weighted by molar-refractivity contribution is 5.89. The van der Waals surface area contributed by atoms with E-state index >= 15 is 0 Å². The second-order valence-electron chi connectivity index (χ2n) is 6.30. The molecule has 27 heavy (non-hydrogen) atoms. The topological polar surface area (TPSA) is 56.6 Å². The molecule has 1 aromatic heterocycles. The summed E-state index contributed by atoms with van der Waals surface area (Å²) >= 11 is 0. The third kappa shape index (κ3) is 3.57. The van der Waals surface area contributed by atoms with Crippen LogP contribution < -0.4 is 4.90 Å². The molecular formula is C21H21N3O3. The number of anilines is 1. The molecule has 0 aliphatic carbocycles. The quantitative estimate of drug-likeness (QED) is 0.667. The Morgan fingerprint density at radius 1 is 1.00 bits per heavy atom. The van der Waals surface area contributed by atoms with E-state index in [1.165, 1.54) is 7.11 Å². The number of carbonyl (C=O) groups is 1. The van der Waals surface area contributed by atoms with E-state index in [4.69, 9.17) is 9.47 Å². The van der Waals surface area contributed by atoms with Gasteiger partial charge in [0.25, 0.3) is 0 Å². The SMILES string of the molecule is COC(=O)c1cc(-c2cccc(N3CCOCC3)c2)n(-c2ccccc2)n1. The highest BCUT2D eigenvalue weighted by Crippen LogP contribution is 2.28. The van der Waals surface area contributed by atoms with Gasteiger partial charge in [0, 0.05) is 24.3 Å². The highest BCUT2D eigenvalue weighted by atomic mass is 16.5. The summed E-state index contributed by atoms with van der Waals surface area (Å²) in [5.41, 5.74) is 4.14. The van der Waals surface area contributed by atoms with Crippen molar-refractivity contribution in [3.8, 4) is 16.9 Å². The molecule has 0 N–H and O–H groups in total. The van der Waals surface area contributed by atoms with Gasteiger partial charge in [0.2, 0.25) is 0 Å². The van der Waals surface area contributed by atoms with Gasteiger partial charge in [-0.15, -0.1) is 0 Å². The first-order valence-corrected chi connectivity index (χ1v) is 8.93. The minimum Gasteiger partial charge on any atom is -0.464 e. The molecule has 0 radical (unpaired) electrons. The molecule has 0 amide bonds. The average Bonchev–Trinajstić information content (AvgIpc) is 3.20. The van der Waals surface area contributed by atoms with Gasteiger partial charge in [-0.3, -0.25) is 0 Å². The number of esters is 1. The van der Waals surface area contributed by atoms with Crippen molar-refractivity contribution < 1.29 is 14.3 Å². The number of benzene rings is 2. The van der Waals surface area contributed by atoms with Gasteiger partial charge in [0.15, 0.2) is 5.69 Å². The summed E-state index contributed by atoms with van der Waals surface area (Å²) in [6.07, 6.45) is 0. The zero-order valence-corrected chi connectivity index (χ0v) is 15.2. The molecule has 0 spiro atoms. The molecule has 0 unspecified atom stereocenters. The summed E-state index contributed by atoms with van der Waals surface area (Å²) in [5, 5.41) is 4.48. The highest BCUT2D eigenvalue weighted by Gasteiger charge is 2.18. The fourth-order valence-electron chi connectivity index (χ4n) is 3.24. The fraction of sp³-hybridized carbons (Fsp3) is 0.238. The zero-order valence-electron chi connectivity index (χ0n) is 15.2. The van der Waals surface area contributed by atoms with Crippen LogP contribution in [-0.4, -0.2) is 49.2 Å². The maximum atomic E-state index is 12.0. The second-order valence-corrected chi connectivity index (χ2v) is 6.30. The van der Waals surface area contributed by atoms with E-state index in [2.05, 4.69) is 22.1 Å². The Hall–Kier alpha value is -3.12. The van der Waals surface area contributed by atoms with Crippen molar-refractivity contribution in [2.45, 2.75) is 0 Å². The molecule has 4 rings (SSSR count). The van der Waals surface area contributed by atoms with E-state index < -0.39 is 5.97 Å². The fourth-order valence-corrected chi connectivity index (χ4v) is 3.24. The van der Waals surface area contributed by atoms with Crippen LogP contribution in [0.25, 0.3) is 16.9 Å². The van der Waals surface area contributed by atoms with Crippen molar-refractivity contribution >= 4 is 11.7 Å². The Labute approximate surface area is 157 Å². The van der Waals surface area contributed by atoms with E-state index in [9.17, 15) is 4.79 Å². The monoisotopic (exact) mass is 363 g/mol. The number of ether oxygens (including phenoxy) is 2. The van der Waals surface area contributed by atoms with Crippen LogP contribution in [0.3, 0.4) is 0 Å². The molecule has 1 aliphatic heterocycles. The molecule has 0 bridgehead atoms. The lowest BCUT2D eigenvalue weighted by Crippen LogP contribution is -2.36. The third-order valence-electron chi connectivity index (χ3n) is 4.62. The Morgan fingerprint density at radius 3 is 2.48 bits per heavy atom. The number of carbonyl (C=O) groups excluding carboxylic acids is 1. The molecule has 2 aromatic carbocycles. The lowest BCUT2D eigenvalue weighted by atomic mass is 10.1. The number of methoxy groups -OCH3 is 1. The lowest BCUT2D eigenvalue weighted by molar-refractivity contribution is 0.0593. The Morgan fingerprint density at radius 2 is 1.74 bits per heavy atom. The predicted octanol–water partition coefficient (Wildman–Crippen LogP) is 3.16. The number of hydrogen-bond donors (Lipinski definition) is 0. The molecule has 2 heterocycles. The van der Waals surface area contributed by atoms with Crippen molar-refractivity contribution in [2.75, 3.05) is 38.3 Å². The largest absolute Gasteiger partial charge is 0.464 e. The van der Waals surface area contributed by atoms with Gasteiger partial charge in [-0.25, -0.2) is 9.48 Å². The van der Waals surface area contributed by atoms with Crippen LogP contribution >= 0.6 is 0 Å². The summed E-state index contributed by atoms with van der Waals surface area (Å²) < 4.78 is 12.1. The maximum absolute atomic E-state index is 12.0. The summed E-state index contributed by atoms with van der Waals surface area (Å²) in [4.78, 5) is 14.3. The number of hydrogen-bond acceptors (Lipinski definition) is 5. The van der Waals surface area contributed by atoms with Gasteiger partial charge < -0.3 is 14.4 Å². The molecule has 3 aromatic rings. The number of morpholine rings is 1. The summed E-state index contributed by atoms with van der Waals surface area (Å²) in [7, 11) is 1.36. The van der Waals surface area contributed by atoms with Gasteiger partial charge in [-0.05, 0) is 30.3 Å². The van der Waals surface area contributed by atoms with Gasteiger partial charge >= 0.3 is 5.97 Å². The molecule has 1 fully saturated rings. The van der Waals surface area contributed by atoms with Gasteiger partial charge in [-0.2, -0.15) is 5.10 Å². The van der Waals surface area contributed by atoms with E-state index in [-0.39, 0.29) is 5.69 Å². The first kappa shape index (κ1) is 17.3. The van der Waals surface area contributed by atoms with Gasteiger partial charge in [-0.1, -0.05) is 30.3 Å². The smallest absolute Gasteiger partial charge is 0.358 e. The second kappa shape index (κ2) is 7.63. The standard InChI is InChI=1S/C21H21N3O3/c1-26-21(25)19-15-20(24(22-19)17-7-3-2-4-8-17)16-6-5-9-18(14-16)23-10-12-27-13-11-23/h2-9,14-15H,10-13H2,1H3. The Bertz CT molecular complexity index is 931. The van der Waals surface area contributed by atoms with Crippen molar-refractivity contribution in [2.24, 2.45) is 0 Å².